The molecule has 8 nitrogen and oxygen atoms in total. The van der Waals surface area contributed by atoms with E-state index in [1.807, 2.05) is 39.0 Å². The van der Waals surface area contributed by atoms with E-state index in [1.54, 1.807) is 48.9 Å². The molecule has 0 aliphatic rings. The number of hydrogen-bond donors (Lipinski definition) is 0. The average Bonchev–Trinajstić information content (AvgIpc) is 3.04. The molecule has 32 heavy (non-hydrogen) atoms. The maximum Gasteiger partial charge on any atom is 0.353 e. The normalized spacial score (nSPS) is 12.3. The lowest BCUT2D eigenvalue weighted by Crippen LogP contribution is -2.31. The third-order valence-electron chi connectivity index (χ3n) is 4.46. The Labute approximate surface area is 190 Å². The van der Waals surface area contributed by atoms with E-state index in [0.29, 0.717) is 21.2 Å². The van der Waals surface area contributed by atoms with E-state index in [-0.39, 0.29) is 11.6 Å². The fraction of sp³-hybridized carbons (Fsp3) is 0.304. The lowest BCUT2D eigenvalue weighted by molar-refractivity contribution is -0.387. The second-order valence-electron chi connectivity index (χ2n) is 8.12. The van der Waals surface area contributed by atoms with E-state index in [9.17, 15) is 14.9 Å². The van der Waals surface area contributed by atoms with Gasteiger partial charge in [0.25, 0.3) is 5.69 Å². The molecule has 168 valence electrons. The summed E-state index contributed by atoms with van der Waals surface area (Å²) >= 11 is 1.15. The van der Waals surface area contributed by atoms with Crippen molar-refractivity contribution in [2.45, 2.75) is 56.1 Å². The van der Waals surface area contributed by atoms with Crippen LogP contribution in [0, 0.1) is 17.0 Å². The van der Waals surface area contributed by atoms with Crippen LogP contribution in [-0.2, 0) is 10.3 Å². The highest BCUT2D eigenvalue weighted by Crippen LogP contribution is 2.43. The number of hydrogen-bond acceptors (Lipinski definition) is 7. The van der Waals surface area contributed by atoms with Gasteiger partial charge in [0, 0.05) is 6.07 Å². The summed E-state index contributed by atoms with van der Waals surface area (Å²) < 4.78 is 13.1. The number of ether oxygens (including phenoxy) is 2. The van der Waals surface area contributed by atoms with Gasteiger partial charge in [-0.2, -0.15) is 5.10 Å². The first-order valence-corrected chi connectivity index (χ1v) is 10.8. The number of carbonyl (C=O) groups excluding carboxylic acids is 1. The van der Waals surface area contributed by atoms with Crippen molar-refractivity contribution in [3.05, 3.63) is 70.4 Å². The van der Waals surface area contributed by atoms with Crippen LogP contribution in [0.1, 0.15) is 33.4 Å². The van der Waals surface area contributed by atoms with Crippen molar-refractivity contribution >= 4 is 23.4 Å². The third-order valence-corrected chi connectivity index (χ3v) is 5.70. The van der Waals surface area contributed by atoms with Crippen LogP contribution < -0.4 is 9.47 Å². The fourth-order valence-electron chi connectivity index (χ4n) is 2.89. The highest BCUT2D eigenvalue weighted by molar-refractivity contribution is 7.99. The first-order valence-electron chi connectivity index (χ1n) is 10.0. The number of rotatable bonds is 7. The molecule has 1 heterocycles. The van der Waals surface area contributed by atoms with Gasteiger partial charge in [0.05, 0.1) is 25.9 Å². The molecular weight excluding hydrogens is 430 g/mol. The maximum absolute atomic E-state index is 12.9. The molecule has 3 aromatic rings. The van der Waals surface area contributed by atoms with E-state index in [4.69, 9.17) is 9.47 Å². The van der Waals surface area contributed by atoms with Crippen LogP contribution in [0.15, 0.2) is 64.4 Å². The van der Waals surface area contributed by atoms with Crippen molar-refractivity contribution in [1.29, 1.82) is 0 Å². The van der Waals surface area contributed by atoms with Crippen LogP contribution in [0.25, 0.3) is 0 Å². The van der Waals surface area contributed by atoms with Gasteiger partial charge in [-0.15, -0.1) is 0 Å². The minimum absolute atomic E-state index is 0.0292. The highest BCUT2D eigenvalue weighted by Gasteiger charge is 2.30. The molecule has 9 heteroatoms. The molecular formula is C23H25N3O5S. The van der Waals surface area contributed by atoms with Crippen LogP contribution in [-0.4, -0.2) is 26.8 Å². The van der Waals surface area contributed by atoms with Gasteiger partial charge in [-0.25, -0.2) is 9.48 Å². The Kier molecular flexibility index (Phi) is 6.88. The van der Waals surface area contributed by atoms with Crippen molar-refractivity contribution in [2.75, 3.05) is 0 Å². The Hall–Kier alpha value is -3.33. The lowest BCUT2D eigenvalue weighted by Gasteiger charge is -2.23. The first kappa shape index (κ1) is 23.3. The summed E-state index contributed by atoms with van der Waals surface area (Å²) in [5.74, 6) is 0.183. The van der Waals surface area contributed by atoms with Crippen LogP contribution >= 0.6 is 11.8 Å². The Balaban J connectivity index is 1.95. The Morgan fingerprint density at radius 1 is 1.12 bits per heavy atom. The number of para-hydroxylation sites is 2. The number of nitro groups is 1. The molecule has 0 radical (unpaired) electrons. The molecule has 0 N–H and O–H groups in total. The van der Waals surface area contributed by atoms with Gasteiger partial charge in [-0.1, -0.05) is 42.1 Å². The standard InChI is InChI=1S/C23H25N3O5S/c1-15-20(32-19-14-10-9-13-18(19)26(28)29)21(25(24-15)23(3,4)5)31-22(27)16(2)30-17-11-7-6-8-12-17/h6-14,16H,1-5H3/t16-/m0/s1. The lowest BCUT2D eigenvalue weighted by atomic mass is 10.1. The molecule has 0 unspecified atom stereocenters. The van der Waals surface area contributed by atoms with Crippen molar-refractivity contribution in [3.8, 4) is 11.6 Å². The Morgan fingerprint density at radius 3 is 2.38 bits per heavy atom. The van der Waals surface area contributed by atoms with Crippen molar-refractivity contribution in [1.82, 2.24) is 9.78 Å². The van der Waals surface area contributed by atoms with Crippen molar-refractivity contribution < 1.29 is 19.2 Å². The molecule has 2 aromatic carbocycles. The van der Waals surface area contributed by atoms with Crippen molar-refractivity contribution in [3.63, 3.8) is 0 Å². The van der Waals surface area contributed by atoms with E-state index < -0.39 is 22.5 Å². The number of aryl methyl sites for hydroxylation is 1. The average molecular weight is 456 g/mol. The maximum atomic E-state index is 12.9. The molecule has 1 atom stereocenters. The number of benzene rings is 2. The smallest absolute Gasteiger partial charge is 0.353 e. The van der Waals surface area contributed by atoms with Gasteiger partial charge in [-0.3, -0.25) is 10.1 Å². The van der Waals surface area contributed by atoms with Crippen LogP contribution in [0.5, 0.6) is 11.6 Å². The predicted octanol–water partition coefficient (Wildman–Crippen LogP) is 5.38. The van der Waals surface area contributed by atoms with Gasteiger partial charge in [0.2, 0.25) is 5.88 Å². The molecule has 3 rings (SSSR count). The van der Waals surface area contributed by atoms with Crippen LogP contribution in [0.2, 0.25) is 0 Å². The number of esters is 1. The quantitative estimate of drug-likeness (QED) is 0.268. The van der Waals surface area contributed by atoms with E-state index in [0.717, 1.165) is 11.8 Å². The van der Waals surface area contributed by atoms with E-state index in [2.05, 4.69) is 5.10 Å². The number of nitro benzene ring substituents is 1. The summed E-state index contributed by atoms with van der Waals surface area (Å²) in [5, 5.41) is 16.0. The summed E-state index contributed by atoms with van der Waals surface area (Å²) in [5.41, 5.74) is 0.0756. The van der Waals surface area contributed by atoms with Crippen LogP contribution in [0.4, 0.5) is 5.69 Å². The first-order chi connectivity index (χ1) is 15.1. The van der Waals surface area contributed by atoms with Gasteiger partial charge in [-0.05, 0) is 52.8 Å². The summed E-state index contributed by atoms with van der Waals surface area (Å²) in [7, 11) is 0. The zero-order valence-electron chi connectivity index (χ0n) is 18.6. The number of aromatic nitrogens is 2. The van der Waals surface area contributed by atoms with Gasteiger partial charge in [0.15, 0.2) is 6.10 Å². The monoisotopic (exact) mass is 455 g/mol. The van der Waals surface area contributed by atoms with Crippen molar-refractivity contribution in [2.24, 2.45) is 0 Å². The zero-order valence-corrected chi connectivity index (χ0v) is 19.4. The number of nitrogens with zero attached hydrogens (tertiary/aromatic N) is 3. The molecule has 0 aliphatic carbocycles. The topological polar surface area (TPSA) is 96.5 Å². The molecule has 0 spiro atoms. The summed E-state index contributed by atoms with van der Waals surface area (Å²) in [6.45, 7) is 9.18. The summed E-state index contributed by atoms with van der Waals surface area (Å²) in [4.78, 5) is 24.9. The third kappa shape index (κ3) is 5.28. The van der Waals surface area contributed by atoms with Crippen LogP contribution in [0.3, 0.4) is 0 Å². The second kappa shape index (κ2) is 9.44. The minimum Gasteiger partial charge on any atom is -0.479 e. The molecule has 0 saturated carbocycles. The second-order valence-corrected chi connectivity index (χ2v) is 9.18. The summed E-state index contributed by atoms with van der Waals surface area (Å²) in [6, 6.07) is 15.4. The predicted molar refractivity (Wildman–Crippen MR) is 121 cm³/mol. The summed E-state index contributed by atoms with van der Waals surface area (Å²) in [6.07, 6.45) is -0.870. The molecule has 0 fully saturated rings. The van der Waals surface area contributed by atoms with Gasteiger partial charge in [0.1, 0.15) is 5.75 Å². The van der Waals surface area contributed by atoms with E-state index >= 15 is 0 Å². The molecule has 0 bridgehead atoms. The Bertz CT molecular complexity index is 1120. The zero-order chi connectivity index (χ0) is 23.5. The van der Waals surface area contributed by atoms with Gasteiger partial charge < -0.3 is 9.47 Å². The molecule has 1 aromatic heterocycles. The largest absolute Gasteiger partial charge is 0.479 e. The van der Waals surface area contributed by atoms with Gasteiger partial charge >= 0.3 is 5.97 Å². The highest BCUT2D eigenvalue weighted by atomic mass is 32.2. The number of carbonyl (C=O) groups is 1. The minimum atomic E-state index is -0.870. The van der Waals surface area contributed by atoms with E-state index in [1.165, 1.54) is 6.07 Å². The fourth-order valence-corrected chi connectivity index (χ4v) is 3.90. The molecule has 0 saturated heterocycles. The molecule has 0 aliphatic heterocycles. The Morgan fingerprint density at radius 2 is 1.75 bits per heavy atom. The SMILES string of the molecule is Cc1nn(C(C)(C)C)c(OC(=O)[C@H](C)Oc2ccccc2)c1Sc1ccccc1[N+](=O)[O-]. The molecule has 0 amide bonds.